The van der Waals surface area contributed by atoms with Gasteiger partial charge in [-0.25, -0.2) is 9.37 Å². The van der Waals surface area contributed by atoms with Crippen LogP contribution < -0.4 is 5.73 Å². The van der Waals surface area contributed by atoms with E-state index in [2.05, 4.69) is 10.1 Å². The van der Waals surface area contributed by atoms with Crippen LogP contribution in [0.15, 0.2) is 45.4 Å². The summed E-state index contributed by atoms with van der Waals surface area (Å²) < 4.78 is 13.3. The Morgan fingerprint density at radius 1 is 1.33 bits per heavy atom. The summed E-state index contributed by atoms with van der Waals surface area (Å²) in [6, 6.07) is 8.21. The standard InChI is InChI=1S/C15H14FN3OS/c16-10-4-2-5-11(8-10)21-15-12(14(17)19-20)7-9-3-1-6-13(9)18-15/h2,4-5,7-8,20H,1,3,6H2,(H2,17,19). The van der Waals surface area contributed by atoms with E-state index in [4.69, 9.17) is 10.9 Å². The first-order chi connectivity index (χ1) is 10.2. The number of oxime groups is 1. The maximum Gasteiger partial charge on any atom is 0.172 e. The molecule has 0 aliphatic heterocycles. The molecule has 1 aliphatic carbocycles. The van der Waals surface area contributed by atoms with E-state index in [0.29, 0.717) is 10.6 Å². The highest BCUT2D eigenvalue weighted by molar-refractivity contribution is 7.99. The maximum absolute atomic E-state index is 13.3. The van der Waals surface area contributed by atoms with Crippen LogP contribution in [0.2, 0.25) is 0 Å². The average molecular weight is 303 g/mol. The lowest BCUT2D eigenvalue weighted by molar-refractivity contribution is 0.318. The van der Waals surface area contributed by atoms with Crippen LogP contribution >= 0.6 is 11.8 Å². The summed E-state index contributed by atoms with van der Waals surface area (Å²) in [5.41, 5.74) is 8.52. The summed E-state index contributed by atoms with van der Waals surface area (Å²) in [7, 11) is 0. The molecule has 2 aromatic rings. The van der Waals surface area contributed by atoms with Crippen molar-refractivity contribution in [2.75, 3.05) is 0 Å². The van der Waals surface area contributed by atoms with Crippen LogP contribution in [0.4, 0.5) is 4.39 Å². The zero-order valence-electron chi connectivity index (χ0n) is 11.2. The third-order valence-electron chi connectivity index (χ3n) is 3.41. The molecule has 0 unspecified atom stereocenters. The minimum absolute atomic E-state index is 0.0242. The predicted molar refractivity (Wildman–Crippen MR) is 79.3 cm³/mol. The van der Waals surface area contributed by atoms with Crippen molar-refractivity contribution in [3.8, 4) is 0 Å². The van der Waals surface area contributed by atoms with Crippen LogP contribution in [0, 0.1) is 5.82 Å². The number of fused-ring (bicyclic) bond motifs is 1. The number of hydrogen-bond acceptors (Lipinski definition) is 4. The Labute approximate surface area is 125 Å². The van der Waals surface area contributed by atoms with E-state index in [1.165, 1.54) is 23.9 Å². The van der Waals surface area contributed by atoms with Crippen molar-refractivity contribution in [2.24, 2.45) is 10.9 Å². The lowest BCUT2D eigenvalue weighted by Crippen LogP contribution is -2.16. The van der Waals surface area contributed by atoms with Gasteiger partial charge in [0.1, 0.15) is 10.8 Å². The first-order valence-electron chi connectivity index (χ1n) is 6.61. The van der Waals surface area contributed by atoms with Crippen molar-refractivity contribution in [3.05, 3.63) is 53.0 Å². The Kier molecular flexibility index (Phi) is 3.79. The second kappa shape index (κ2) is 5.73. The Morgan fingerprint density at radius 2 is 2.19 bits per heavy atom. The highest BCUT2D eigenvalue weighted by Gasteiger charge is 2.19. The van der Waals surface area contributed by atoms with Crippen LogP contribution in [-0.2, 0) is 12.8 Å². The Balaban J connectivity index is 2.04. The van der Waals surface area contributed by atoms with Crippen LogP contribution in [0.1, 0.15) is 23.2 Å². The molecule has 0 atom stereocenters. The topological polar surface area (TPSA) is 71.5 Å². The van der Waals surface area contributed by atoms with E-state index in [0.717, 1.165) is 35.4 Å². The number of rotatable bonds is 3. The summed E-state index contributed by atoms with van der Waals surface area (Å²) in [5, 5.41) is 12.6. The molecule has 3 N–H and O–H groups in total. The third-order valence-corrected chi connectivity index (χ3v) is 4.40. The number of benzene rings is 1. The number of aromatic nitrogens is 1. The third kappa shape index (κ3) is 2.85. The number of amidine groups is 1. The zero-order chi connectivity index (χ0) is 14.8. The lowest BCUT2D eigenvalue weighted by Gasteiger charge is -2.10. The molecular formula is C15H14FN3OS. The van der Waals surface area contributed by atoms with Gasteiger partial charge in [0.2, 0.25) is 0 Å². The maximum atomic E-state index is 13.3. The van der Waals surface area contributed by atoms with Crippen molar-refractivity contribution in [1.82, 2.24) is 4.98 Å². The molecule has 0 spiro atoms. The Hall–Kier alpha value is -2.08. The molecule has 108 valence electrons. The zero-order valence-corrected chi connectivity index (χ0v) is 12.0. The highest BCUT2D eigenvalue weighted by Crippen LogP contribution is 2.32. The first kappa shape index (κ1) is 13.9. The van der Waals surface area contributed by atoms with E-state index in [1.807, 2.05) is 6.07 Å². The molecule has 1 aromatic heterocycles. The Bertz CT molecular complexity index is 718. The molecule has 0 saturated heterocycles. The Morgan fingerprint density at radius 3 is 2.95 bits per heavy atom. The van der Waals surface area contributed by atoms with E-state index < -0.39 is 0 Å². The van der Waals surface area contributed by atoms with Crippen LogP contribution in [0.3, 0.4) is 0 Å². The fourth-order valence-corrected chi connectivity index (χ4v) is 3.38. The van der Waals surface area contributed by atoms with Gasteiger partial charge in [-0.3, -0.25) is 0 Å². The van der Waals surface area contributed by atoms with Crippen molar-refractivity contribution in [2.45, 2.75) is 29.2 Å². The van der Waals surface area contributed by atoms with E-state index in [1.54, 1.807) is 12.1 Å². The van der Waals surface area contributed by atoms with Crippen LogP contribution in [-0.4, -0.2) is 16.0 Å². The summed E-state index contributed by atoms with van der Waals surface area (Å²) in [6.07, 6.45) is 2.95. The highest BCUT2D eigenvalue weighted by atomic mass is 32.2. The number of halogens is 1. The molecule has 6 heteroatoms. The average Bonchev–Trinajstić information content (AvgIpc) is 2.93. The molecule has 3 rings (SSSR count). The second-order valence-electron chi connectivity index (χ2n) is 4.85. The van der Waals surface area contributed by atoms with Crippen molar-refractivity contribution >= 4 is 17.6 Å². The lowest BCUT2D eigenvalue weighted by atomic mass is 10.1. The van der Waals surface area contributed by atoms with Crippen molar-refractivity contribution < 1.29 is 9.60 Å². The van der Waals surface area contributed by atoms with Gasteiger partial charge in [0, 0.05) is 10.6 Å². The van der Waals surface area contributed by atoms with E-state index in [9.17, 15) is 4.39 Å². The molecule has 4 nitrogen and oxygen atoms in total. The van der Waals surface area contributed by atoms with Crippen LogP contribution in [0.25, 0.3) is 0 Å². The number of nitrogens with zero attached hydrogens (tertiary/aromatic N) is 2. The van der Waals surface area contributed by atoms with Gasteiger partial charge in [-0.05, 0) is 49.1 Å². The summed E-state index contributed by atoms with van der Waals surface area (Å²) in [6.45, 7) is 0. The molecule has 1 aliphatic rings. The monoisotopic (exact) mass is 303 g/mol. The molecule has 0 bridgehead atoms. The van der Waals surface area contributed by atoms with Gasteiger partial charge in [0.05, 0.1) is 5.56 Å². The van der Waals surface area contributed by atoms with Crippen LogP contribution in [0.5, 0.6) is 0 Å². The quantitative estimate of drug-likeness (QED) is 0.396. The number of nitrogens with two attached hydrogens (primary N) is 1. The molecular weight excluding hydrogens is 289 g/mol. The van der Waals surface area contributed by atoms with E-state index in [-0.39, 0.29) is 11.7 Å². The smallest absolute Gasteiger partial charge is 0.172 e. The summed E-state index contributed by atoms with van der Waals surface area (Å²) in [4.78, 5) is 5.34. The molecule has 1 heterocycles. The van der Waals surface area contributed by atoms with Gasteiger partial charge < -0.3 is 10.9 Å². The van der Waals surface area contributed by atoms with Gasteiger partial charge >= 0.3 is 0 Å². The fraction of sp³-hybridized carbons (Fsp3) is 0.200. The molecule has 21 heavy (non-hydrogen) atoms. The summed E-state index contributed by atoms with van der Waals surface area (Å²) in [5.74, 6) is -0.275. The SMILES string of the molecule is N/C(=N/O)c1cc2c(nc1Sc1cccc(F)c1)CCC2. The molecule has 0 fully saturated rings. The number of pyridine rings is 1. The molecule has 0 radical (unpaired) electrons. The largest absolute Gasteiger partial charge is 0.409 e. The molecule has 0 amide bonds. The van der Waals surface area contributed by atoms with Crippen molar-refractivity contribution in [3.63, 3.8) is 0 Å². The minimum atomic E-state index is -0.300. The minimum Gasteiger partial charge on any atom is -0.409 e. The number of hydrogen-bond donors (Lipinski definition) is 2. The van der Waals surface area contributed by atoms with Gasteiger partial charge in [-0.15, -0.1) is 0 Å². The fourth-order valence-electron chi connectivity index (χ4n) is 2.41. The van der Waals surface area contributed by atoms with Gasteiger partial charge in [-0.1, -0.05) is 23.0 Å². The van der Waals surface area contributed by atoms with Gasteiger partial charge in [0.15, 0.2) is 5.84 Å². The molecule has 0 saturated carbocycles. The van der Waals surface area contributed by atoms with Crippen molar-refractivity contribution in [1.29, 1.82) is 0 Å². The van der Waals surface area contributed by atoms with Gasteiger partial charge in [-0.2, -0.15) is 0 Å². The molecule has 1 aromatic carbocycles. The normalized spacial score (nSPS) is 14.2. The second-order valence-corrected chi connectivity index (χ2v) is 5.91. The number of aryl methyl sites for hydroxylation is 2. The van der Waals surface area contributed by atoms with Gasteiger partial charge in [0.25, 0.3) is 0 Å². The predicted octanol–water partition coefficient (Wildman–Crippen LogP) is 2.96. The first-order valence-corrected chi connectivity index (χ1v) is 7.43. The van der Waals surface area contributed by atoms with E-state index >= 15 is 0 Å². The summed E-state index contributed by atoms with van der Waals surface area (Å²) >= 11 is 1.32.